The number of halogens is 3. The first kappa shape index (κ1) is 37.9. The molecule has 8 rings (SSSR count). The Morgan fingerprint density at radius 3 is 2.57 bits per heavy atom. The Morgan fingerprint density at radius 1 is 1.11 bits per heavy atom. The number of carbonyl (C=O) groups excluding carboxylic acids is 2. The van der Waals surface area contributed by atoms with E-state index >= 15 is 0 Å². The van der Waals surface area contributed by atoms with Gasteiger partial charge in [-0.1, -0.05) is 45.9 Å². The molecule has 0 radical (unpaired) electrons. The molecule has 3 saturated carbocycles. The summed E-state index contributed by atoms with van der Waals surface area (Å²) < 4.78 is 59.9. The monoisotopic (exact) mass is 749 g/mol. The van der Waals surface area contributed by atoms with E-state index in [1.54, 1.807) is 31.2 Å². The van der Waals surface area contributed by atoms with Crippen LogP contribution in [0.25, 0.3) is 0 Å². The predicted molar refractivity (Wildman–Crippen MR) is 197 cm³/mol. The van der Waals surface area contributed by atoms with Gasteiger partial charge in [-0.25, -0.2) is 4.98 Å². The number of alkyl halides is 3. The first-order valence-electron chi connectivity index (χ1n) is 18.6. The number of carbonyl (C=O) groups is 2. The molecule has 3 N–H and O–H groups in total. The Morgan fingerprint density at radius 2 is 1.87 bits per heavy atom. The lowest BCUT2D eigenvalue weighted by molar-refractivity contribution is -0.199. The molecule has 5 aliphatic rings. The highest BCUT2D eigenvalue weighted by atomic mass is 19.4. The van der Waals surface area contributed by atoms with E-state index in [1.165, 1.54) is 30.0 Å². The molecule has 3 aromatic rings. The van der Waals surface area contributed by atoms with Gasteiger partial charge in [-0.15, -0.1) is 0 Å². The number of fused-ring (bicyclic) bond motifs is 1. The van der Waals surface area contributed by atoms with E-state index in [2.05, 4.69) is 41.7 Å². The summed E-state index contributed by atoms with van der Waals surface area (Å²) in [6, 6.07) is 10.7. The van der Waals surface area contributed by atoms with E-state index in [0.717, 1.165) is 25.0 Å². The van der Waals surface area contributed by atoms with E-state index in [9.17, 15) is 27.6 Å². The molecule has 2 aliphatic heterocycles. The predicted octanol–water partition coefficient (Wildman–Crippen LogP) is 6.28. The number of benzene rings is 2. The highest BCUT2D eigenvalue weighted by Gasteiger charge is 2.68. The van der Waals surface area contributed by atoms with Gasteiger partial charge in [0.05, 0.1) is 36.5 Å². The van der Waals surface area contributed by atoms with E-state index < -0.39 is 53.3 Å². The molecule has 2 bridgehead atoms. The van der Waals surface area contributed by atoms with Gasteiger partial charge in [0.25, 0.3) is 5.56 Å². The zero-order chi connectivity index (χ0) is 38.8. The van der Waals surface area contributed by atoms with Crippen LogP contribution in [-0.4, -0.2) is 53.2 Å². The highest BCUT2D eigenvalue weighted by molar-refractivity contribution is 6.47. The van der Waals surface area contributed by atoms with Gasteiger partial charge in [0.15, 0.2) is 0 Å². The van der Waals surface area contributed by atoms with Crippen LogP contribution in [0.4, 0.5) is 24.5 Å². The van der Waals surface area contributed by atoms with Gasteiger partial charge in [-0.05, 0) is 79.7 Å². The van der Waals surface area contributed by atoms with E-state index in [0.29, 0.717) is 35.3 Å². The number of rotatable bonds is 11. The van der Waals surface area contributed by atoms with Crippen LogP contribution in [0.5, 0.6) is 5.75 Å². The Labute approximate surface area is 312 Å². The van der Waals surface area contributed by atoms with Crippen molar-refractivity contribution < 1.29 is 36.8 Å². The van der Waals surface area contributed by atoms with Crippen LogP contribution in [0.3, 0.4) is 0 Å². The first-order chi connectivity index (χ1) is 25.5. The minimum atomic E-state index is -4.52. The zero-order valence-corrected chi connectivity index (χ0v) is 31.4. The number of amides is 2. The average molecular weight is 750 g/mol. The maximum absolute atomic E-state index is 14.4. The molecule has 1 saturated heterocycles. The molecule has 288 valence electrons. The lowest BCUT2D eigenvalue weighted by Gasteiger charge is -2.64. The average Bonchev–Trinajstić information content (AvgIpc) is 3.64. The van der Waals surface area contributed by atoms with Gasteiger partial charge in [-0.2, -0.15) is 13.2 Å². The number of aromatic nitrogens is 2. The van der Waals surface area contributed by atoms with Gasteiger partial charge in [-0.3, -0.25) is 19.0 Å². The smallest absolute Gasteiger partial charge is 0.481 e. The van der Waals surface area contributed by atoms with Crippen LogP contribution >= 0.6 is 0 Å². The SMILES string of the molecule is CC[C@H](NC(=O)[C@@H]1C[C@@](C)(CC(=O)Nc2cccc(OC)c2)c2ncc(NCc3cccc(C(F)(F)F)c3)c(=O)n21)B1O[C@@H]2C[C@@H]3C[C@@H](C3(C)C)[C@]2(C)O1. The van der Waals surface area contributed by atoms with E-state index in [-0.39, 0.29) is 48.3 Å². The third kappa shape index (κ3) is 6.67. The van der Waals surface area contributed by atoms with Gasteiger partial charge in [0, 0.05) is 30.1 Å². The van der Waals surface area contributed by atoms with E-state index in [1.807, 2.05) is 6.92 Å². The minimum Gasteiger partial charge on any atom is -0.497 e. The summed E-state index contributed by atoms with van der Waals surface area (Å²) in [6.07, 6.45) is -0.820. The number of hydrogen-bond acceptors (Lipinski definition) is 8. The van der Waals surface area contributed by atoms with Gasteiger partial charge in [0.1, 0.15) is 23.3 Å². The lowest BCUT2D eigenvalue weighted by atomic mass is 9.43. The molecule has 2 aromatic carbocycles. The van der Waals surface area contributed by atoms with Crippen LogP contribution < -0.4 is 26.2 Å². The summed E-state index contributed by atoms with van der Waals surface area (Å²) in [7, 11) is 0.847. The van der Waals surface area contributed by atoms with Crippen molar-refractivity contribution in [3.05, 3.63) is 82.0 Å². The molecule has 3 heterocycles. The van der Waals surface area contributed by atoms with Crippen LogP contribution in [0.1, 0.15) is 89.7 Å². The van der Waals surface area contributed by atoms with Gasteiger partial charge >= 0.3 is 13.3 Å². The van der Waals surface area contributed by atoms with Crippen molar-refractivity contribution in [2.45, 2.75) is 109 Å². The molecule has 3 aliphatic carbocycles. The molecule has 54 heavy (non-hydrogen) atoms. The van der Waals surface area contributed by atoms with Gasteiger partial charge < -0.3 is 30.0 Å². The second-order valence-corrected chi connectivity index (χ2v) is 16.3. The van der Waals surface area contributed by atoms with Crippen molar-refractivity contribution in [2.24, 2.45) is 17.3 Å². The molecule has 0 unspecified atom stereocenters. The Balaban J connectivity index is 1.15. The quantitative estimate of drug-likeness (QED) is 0.196. The molecular weight excluding hydrogens is 702 g/mol. The van der Waals surface area contributed by atoms with Crippen molar-refractivity contribution >= 4 is 30.3 Å². The third-order valence-electron chi connectivity index (χ3n) is 12.5. The molecule has 4 fully saturated rings. The van der Waals surface area contributed by atoms with Crippen molar-refractivity contribution in [2.75, 3.05) is 17.7 Å². The second kappa shape index (κ2) is 13.7. The van der Waals surface area contributed by atoms with Crippen molar-refractivity contribution in [1.82, 2.24) is 14.9 Å². The minimum absolute atomic E-state index is 0.00662. The largest absolute Gasteiger partial charge is 0.497 e. The lowest BCUT2D eigenvalue weighted by Crippen LogP contribution is -2.65. The number of nitrogens with zero attached hydrogens (tertiary/aromatic N) is 2. The topological polar surface area (TPSA) is 133 Å². The fourth-order valence-electron chi connectivity index (χ4n) is 9.32. The summed E-state index contributed by atoms with van der Waals surface area (Å²) in [5.74, 6) is 0.394. The highest BCUT2D eigenvalue weighted by Crippen LogP contribution is 2.65. The fourth-order valence-corrected chi connectivity index (χ4v) is 9.32. The molecule has 11 nitrogen and oxygen atoms in total. The van der Waals surface area contributed by atoms with Gasteiger partial charge in [0.2, 0.25) is 11.8 Å². The summed E-state index contributed by atoms with van der Waals surface area (Å²) in [6.45, 7) is 10.3. The number of ether oxygens (including phenoxy) is 1. The molecule has 0 spiro atoms. The summed E-state index contributed by atoms with van der Waals surface area (Å²) in [5, 5.41) is 8.93. The molecule has 2 amide bonds. The van der Waals surface area contributed by atoms with Crippen LogP contribution in [0.15, 0.2) is 59.5 Å². The maximum Gasteiger partial charge on any atom is 0.481 e. The maximum atomic E-state index is 14.4. The molecular formula is C39H47BF3N5O6. The number of anilines is 2. The second-order valence-electron chi connectivity index (χ2n) is 16.3. The normalized spacial score (nSPS) is 28.4. The molecule has 15 heteroatoms. The zero-order valence-electron chi connectivity index (χ0n) is 31.4. The first-order valence-corrected chi connectivity index (χ1v) is 18.6. The number of methoxy groups -OCH3 is 1. The van der Waals surface area contributed by atoms with Crippen molar-refractivity contribution in [3.8, 4) is 5.75 Å². The standard InChI is InChI=1S/C39H47BF3N5O6/c1-7-31(40-53-30-16-24-15-29(36(24,2)3)38(30,5)54-40)47-33(50)28-18-37(4,19-32(49)46-25-12-9-13-26(17-25)52-6)35-45-21-27(34(51)48(28)35)44-20-22-10-8-11-23(14-22)39(41,42)43/h8-14,17,21,24,28-31,44H,7,15-16,18-20H2,1-6H3,(H,46,49)(H,47,50)/t24-,28-,29-,30+,31-,37-,38-/m0/s1. The summed E-state index contributed by atoms with van der Waals surface area (Å²) in [4.78, 5) is 46.7. The molecule has 1 aromatic heterocycles. The third-order valence-corrected chi connectivity index (χ3v) is 12.5. The van der Waals surface area contributed by atoms with E-state index in [4.69, 9.17) is 14.0 Å². The Bertz CT molecular complexity index is 2010. The van der Waals surface area contributed by atoms with Crippen LogP contribution in [0, 0.1) is 17.3 Å². The Kier molecular flexibility index (Phi) is 9.65. The number of nitrogens with one attached hydrogen (secondary N) is 3. The van der Waals surface area contributed by atoms with Crippen LogP contribution in [-0.2, 0) is 37.0 Å². The number of hydrogen-bond donors (Lipinski definition) is 3. The summed E-state index contributed by atoms with van der Waals surface area (Å²) in [5.41, 5.74) is -1.92. The van der Waals surface area contributed by atoms with Crippen molar-refractivity contribution in [3.63, 3.8) is 0 Å². The van der Waals surface area contributed by atoms with Crippen LogP contribution in [0.2, 0.25) is 0 Å². The molecule has 7 atom stereocenters. The fraction of sp³-hybridized carbons (Fsp3) is 0.538. The Hall–Kier alpha value is -4.37. The van der Waals surface area contributed by atoms with Crippen molar-refractivity contribution in [1.29, 1.82) is 0 Å². The summed E-state index contributed by atoms with van der Waals surface area (Å²) >= 11 is 0.